The van der Waals surface area contributed by atoms with Crippen molar-refractivity contribution in [2.24, 2.45) is 0 Å². The van der Waals surface area contributed by atoms with Gasteiger partial charge in [-0.1, -0.05) is 0 Å². The molecular formula is C17H21F3N3O5+. The quantitative estimate of drug-likeness (QED) is 0.642. The van der Waals surface area contributed by atoms with Crippen LogP contribution in [-0.4, -0.2) is 68.4 Å². The van der Waals surface area contributed by atoms with Crippen LogP contribution in [0.25, 0.3) is 0 Å². The molecule has 0 bridgehead atoms. The Balaban J connectivity index is 1.74. The van der Waals surface area contributed by atoms with Crippen molar-refractivity contribution in [1.29, 1.82) is 0 Å². The van der Waals surface area contributed by atoms with Crippen LogP contribution in [0.5, 0.6) is 5.75 Å². The van der Waals surface area contributed by atoms with Crippen LogP contribution >= 0.6 is 0 Å². The van der Waals surface area contributed by atoms with E-state index >= 15 is 0 Å². The molecule has 1 saturated heterocycles. The highest BCUT2D eigenvalue weighted by Gasteiger charge is 2.31. The molecule has 28 heavy (non-hydrogen) atoms. The molecule has 0 aromatic heterocycles. The van der Waals surface area contributed by atoms with E-state index in [0.717, 1.165) is 17.0 Å². The fraction of sp³-hybridized carbons (Fsp3) is 0.471. The highest BCUT2D eigenvalue weighted by atomic mass is 19.4. The molecule has 2 amide bonds. The summed E-state index contributed by atoms with van der Waals surface area (Å²) < 4.78 is 44.8. The normalized spacial score (nSPS) is 15.1. The average Bonchev–Trinajstić information content (AvgIpc) is 2.60. The van der Waals surface area contributed by atoms with E-state index in [-0.39, 0.29) is 30.7 Å². The molecule has 1 aliphatic rings. The molecule has 1 heterocycles. The molecule has 154 valence electrons. The second kappa shape index (κ2) is 9.40. The number of nitrogens with one attached hydrogen (secondary N) is 2. The maximum absolute atomic E-state index is 12.1. The minimum absolute atomic E-state index is 0.160. The third-order valence-electron chi connectivity index (χ3n) is 4.00. The SMILES string of the molecule is CC(=O)OCC(=O)N1CC[NH+](CC(=O)Nc2ccc(OC(F)(F)F)cc2)CC1. The molecule has 0 atom stereocenters. The summed E-state index contributed by atoms with van der Waals surface area (Å²) in [6, 6.07) is 4.87. The third-order valence-corrected chi connectivity index (χ3v) is 4.00. The number of carbonyl (C=O) groups excluding carboxylic acids is 3. The number of alkyl halides is 3. The Morgan fingerprint density at radius 3 is 2.29 bits per heavy atom. The standard InChI is InChI=1S/C17H20F3N3O5/c1-12(24)27-11-16(26)23-8-6-22(7-9-23)10-15(25)21-13-2-4-14(5-3-13)28-17(18,19)20/h2-5H,6-11H2,1H3,(H,21,25)/p+1. The number of halogens is 3. The first-order valence-corrected chi connectivity index (χ1v) is 8.53. The maximum Gasteiger partial charge on any atom is 0.573 e. The van der Waals surface area contributed by atoms with E-state index in [9.17, 15) is 27.6 Å². The van der Waals surface area contributed by atoms with Gasteiger partial charge in [-0.15, -0.1) is 13.2 Å². The molecule has 0 spiro atoms. The molecule has 0 aliphatic carbocycles. The number of hydrogen-bond acceptors (Lipinski definition) is 5. The zero-order valence-corrected chi connectivity index (χ0v) is 15.2. The average molecular weight is 404 g/mol. The summed E-state index contributed by atoms with van der Waals surface area (Å²) >= 11 is 0. The summed E-state index contributed by atoms with van der Waals surface area (Å²) in [5.74, 6) is -1.46. The van der Waals surface area contributed by atoms with E-state index in [4.69, 9.17) is 0 Å². The molecule has 1 aromatic carbocycles. The van der Waals surface area contributed by atoms with E-state index < -0.39 is 12.3 Å². The molecule has 1 fully saturated rings. The Kier molecular flexibility index (Phi) is 7.21. The number of ether oxygens (including phenoxy) is 2. The van der Waals surface area contributed by atoms with Crippen molar-refractivity contribution in [3.05, 3.63) is 24.3 Å². The van der Waals surface area contributed by atoms with E-state index in [1.165, 1.54) is 19.1 Å². The number of amides is 2. The molecule has 0 unspecified atom stereocenters. The number of carbonyl (C=O) groups is 3. The number of piperazine rings is 1. The zero-order chi connectivity index (χ0) is 20.7. The molecular weight excluding hydrogens is 383 g/mol. The largest absolute Gasteiger partial charge is 0.573 e. The number of anilines is 1. The fourth-order valence-corrected chi connectivity index (χ4v) is 2.68. The lowest BCUT2D eigenvalue weighted by Crippen LogP contribution is -3.15. The minimum atomic E-state index is -4.77. The summed E-state index contributed by atoms with van der Waals surface area (Å²) in [4.78, 5) is 37.2. The Morgan fingerprint density at radius 1 is 1.14 bits per heavy atom. The molecule has 8 nitrogen and oxygen atoms in total. The monoisotopic (exact) mass is 404 g/mol. The third kappa shape index (κ3) is 7.43. The number of hydrogen-bond donors (Lipinski definition) is 2. The van der Waals surface area contributed by atoms with Crippen molar-refractivity contribution in [3.8, 4) is 5.75 Å². The Morgan fingerprint density at radius 2 is 1.75 bits per heavy atom. The van der Waals surface area contributed by atoms with Gasteiger partial charge in [0, 0.05) is 12.6 Å². The van der Waals surface area contributed by atoms with Gasteiger partial charge in [0.15, 0.2) is 13.2 Å². The summed E-state index contributed by atoms with van der Waals surface area (Å²) in [6.07, 6.45) is -4.77. The Bertz CT molecular complexity index is 701. The fourth-order valence-electron chi connectivity index (χ4n) is 2.68. The number of rotatable bonds is 6. The van der Waals surface area contributed by atoms with E-state index in [0.29, 0.717) is 31.9 Å². The number of nitrogens with zero attached hydrogens (tertiary/aromatic N) is 1. The van der Waals surface area contributed by atoms with Gasteiger partial charge in [-0.2, -0.15) is 0 Å². The molecule has 1 aromatic rings. The molecule has 0 radical (unpaired) electrons. The number of benzene rings is 1. The van der Waals surface area contributed by atoms with Crippen molar-refractivity contribution in [3.63, 3.8) is 0 Å². The minimum Gasteiger partial charge on any atom is -0.456 e. The topological polar surface area (TPSA) is 89.4 Å². The molecule has 2 N–H and O–H groups in total. The van der Waals surface area contributed by atoms with Crippen LogP contribution in [0.15, 0.2) is 24.3 Å². The number of quaternary nitrogens is 1. The van der Waals surface area contributed by atoms with Crippen LogP contribution in [0, 0.1) is 0 Å². The lowest BCUT2D eigenvalue weighted by Gasteiger charge is -2.31. The molecule has 1 aliphatic heterocycles. The van der Waals surface area contributed by atoms with Gasteiger partial charge in [0.25, 0.3) is 11.8 Å². The van der Waals surface area contributed by atoms with Gasteiger partial charge < -0.3 is 24.6 Å². The Hall–Kier alpha value is -2.82. The summed E-state index contributed by atoms with van der Waals surface area (Å²) in [7, 11) is 0. The smallest absolute Gasteiger partial charge is 0.456 e. The van der Waals surface area contributed by atoms with Gasteiger partial charge >= 0.3 is 12.3 Å². The van der Waals surface area contributed by atoms with Crippen LogP contribution in [-0.2, 0) is 19.1 Å². The highest BCUT2D eigenvalue weighted by Crippen LogP contribution is 2.23. The highest BCUT2D eigenvalue weighted by molar-refractivity contribution is 5.91. The second-order valence-corrected chi connectivity index (χ2v) is 6.21. The maximum atomic E-state index is 12.1. The van der Waals surface area contributed by atoms with Gasteiger partial charge in [0.1, 0.15) is 5.75 Å². The lowest BCUT2D eigenvalue weighted by atomic mass is 10.3. The molecule has 2 rings (SSSR count). The van der Waals surface area contributed by atoms with Gasteiger partial charge in [-0.25, -0.2) is 0 Å². The lowest BCUT2D eigenvalue weighted by molar-refractivity contribution is -0.895. The summed E-state index contributed by atoms with van der Waals surface area (Å²) in [5.41, 5.74) is 0.356. The van der Waals surface area contributed by atoms with Gasteiger partial charge in [0.2, 0.25) is 0 Å². The second-order valence-electron chi connectivity index (χ2n) is 6.21. The molecule has 11 heteroatoms. The van der Waals surface area contributed by atoms with E-state index in [1.807, 2.05) is 0 Å². The van der Waals surface area contributed by atoms with Crippen LogP contribution in [0.1, 0.15) is 6.92 Å². The van der Waals surface area contributed by atoms with E-state index in [2.05, 4.69) is 14.8 Å². The molecule has 0 saturated carbocycles. The van der Waals surface area contributed by atoms with Crippen LogP contribution in [0.4, 0.5) is 18.9 Å². The zero-order valence-electron chi connectivity index (χ0n) is 15.2. The number of esters is 1. The van der Waals surface area contributed by atoms with E-state index in [1.54, 1.807) is 4.90 Å². The van der Waals surface area contributed by atoms with Gasteiger partial charge in [0.05, 0.1) is 26.2 Å². The predicted octanol–water partition coefficient (Wildman–Crippen LogP) is -0.186. The van der Waals surface area contributed by atoms with Crippen molar-refractivity contribution in [2.75, 3.05) is 44.6 Å². The first-order valence-electron chi connectivity index (χ1n) is 8.53. The van der Waals surface area contributed by atoms with Gasteiger partial charge in [-0.3, -0.25) is 14.4 Å². The first-order chi connectivity index (χ1) is 13.1. The van der Waals surface area contributed by atoms with Crippen LogP contribution in [0.3, 0.4) is 0 Å². The first kappa shape index (κ1) is 21.5. The van der Waals surface area contributed by atoms with Gasteiger partial charge in [-0.05, 0) is 24.3 Å². The van der Waals surface area contributed by atoms with Crippen molar-refractivity contribution < 1.29 is 41.9 Å². The van der Waals surface area contributed by atoms with Crippen LogP contribution < -0.4 is 15.0 Å². The van der Waals surface area contributed by atoms with Crippen molar-refractivity contribution >= 4 is 23.5 Å². The summed E-state index contributed by atoms with van der Waals surface area (Å²) in [5, 5.41) is 2.61. The Labute approximate surface area is 159 Å². The van der Waals surface area contributed by atoms with Crippen LogP contribution in [0.2, 0.25) is 0 Å². The van der Waals surface area contributed by atoms with Crippen molar-refractivity contribution in [2.45, 2.75) is 13.3 Å². The predicted molar refractivity (Wildman–Crippen MR) is 90.5 cm³/mol. The van der Waals surface area contributed by atoms with Crippen molar-refractivity contribution in [1.82, 2.24) is 4.90 Å². The summed E-state index contributed by atoms with van der Waals surface area (Å²) in [6.45, 7) is 3.07.